The zero-order valence-corrected chi connectivity index (χ0v) is 5.06. The van der Waals surface area contributed by atoms with Gasteiger partial charge in [0, 0.05) is 20.1 Å². The second-order valence-electron chi connectivity index (χ2n) is 2.14. The third-order valence-electron chi connectivity index (χ3n) is 1.37. The van der Waals surface area contributed by atoms with Gasteiger partial charge in [0.25, 0.3) is 0 Å². The summed E-state index contributed by atoms with van der Waals surface area (Å²) in [5.74, 6) is 0. The Morgan fingerprint density at radius 2 is 2.12 bits per heavy atom. The molecule has 1 N–H and O–H groups in total. The quantitative estimate of drug-likeness (QED) is 0.472. The van der Waals surface area contributed by atoms with Crippen molar-refractivity contribution >= 4 is 0 Å². The van der Waals surface area contributed by atoms with Gasteiger partial charge in [0.1, 0.15) is 0 Å². The van der Waals surface area contributed by atoms with Crippen molar-refractivity contribution < 1.29 is 0 Å². The zero-order chi connectivity index (χ0) is 5.82. The Kier molecular flexibility index (Phi) is 2.30. The highest BCUT2D eigenvalue weighted by Crippen LogP contribution is 1.90. The lowest BCUT2D eigenvalue weighted by Crippen LogP contribution is -2.22. The van der Waals surface area contributed by atoms with E-state index in [1.807, 2.05) is 4.90 Å². The van der Waals surface area contributed by atoms with Crippen molar-refractivity contribution in [3.05, 3.63) is 7.05 Å². The summed E-state index contributed by atoms with van der Waals surface area (Å²) in [4.78, 5) is 1.86. The third-order valence-corrected chi connectivity index (χ3v) is 1.37. The molecule has 2 heteroatoms. The maximum absolute atomic E-state index is 5.53. The maximum Gasteiger partial charge on any atom is 0.0439 e. The van der Waals surface area contributed by atoms with Gasteiger partial charge in [-0.3, -0.25) is 4.90 Å². The lowest BCUT2D eigenvalue weighted by atomic mass is 10.4. The second kappa shape index (κ2) is 3.05. The number of rotatable bonds is 0. The van der Waals surface area contributed by atoms with Gasteiger partial charge in [-0.1, -0.05) is 0 Å². The summed E-state index contributed by atoms with van der Waals surface area (Å²) in [6, 6.07) is 0. The lowest BCUT2D eigenvalue weighted by Gasteiger charge is -2.09. The van der Waals surface area contributed by atoms with Crippen molar-refractivity contribution in [3.63, 3.8) is 0 Å². The Bertz CT molecular complexity index is 55.5. The van der Waals surface area contributed by atoms with Crippen LogP contribution in [-0.2, 0) is 0 Å². The Labute approximate surface area is 50.9 Å². The first-order valence-electron chi connectivity index (χ1n) is 3.10. The van der Waals surface area contributed by atoms with E-state index in [-0.39, 0.29) is 0 Å². The van der Waals surface area contributed by atoms with Gasteiger partial charge in [0.2, 0.25) is 0 Å². The first kappa shape index (κ1) is 6.05. The molecule has 0 aromatic heterocycles. The fourth-order valence-corrected chi connectivity index (χ4v) is 0.867. The van der Waals surface area contributed by atoms with Gasteiger partial charge < -0.3 is 5.32 Å². The van der Waals surface area contributed by atoms with Gasteiger partial charge >= 0.3 is 0 Å². The summed E-state index contributed by atoms with van der Waals surface area (Å²) in [6.45, 7) is 4.18. The molecule has 1 aliphatic rings. The van der Waals surface area contributed by atoms with Gasteiger partial charge in [-0.05, 0) is 19.5 Å². The predicted molar refractivity (Wildman–Crippen MR) is 33.4 cm³/mol. The molecule has 1 aliphatic heterocycles. The SMILES string of the molecule is [CH]N1CCCNCC1. The Balaban J connectivity index is 2.17. The van der Waals surface area contributed by atoms with Crippen LogP contribution in [0.5, 0.6) is 0 Å². The second-order valence-corrected chi connectivity index (χ2v) is 2.14. The van der Waals surface area contributed by atoms with Crippen molar-refractivity contribution in [3.8, 4) is 0 Å². The third kappa shape index (κ3) is 1.80. The van der Waals surface area contributed by atoms with E-state index in [9.17, 15) is 0 Å². The molecule has 0 spiro atoms. The molecule has 0 unspecified atom stereocenters. The van der Waals surface area contributed by atoms with Gasteiger partial charge in [-0.2, -0.15) is 0 Å². The molecule has 0 saturated carbocycles. The molecule has 46 valence electrons. The molecule has 2 radical (unpaired) electrons. The maximum atomic E-state index is 5.53. The van der Waals surface area contributed by atoms with Gasteiger partial charge in [-0.15, -0.1) is 0 Å². The molecule has 0 aromatic rings. The first-order valence-corrected chi connectivity index (χ1v) is 3.10. The zero-order valence-electron chi connectivity index (χ0n) is 5.06. The molecule has 1 heterocycles. The number of nitrogens with zero attached hydrogens (tertiary/aromatic N) is 1. The van der Waals surface area contributed by atoms with Crippen molar-refractivity contribution in [1.29, 1.82) is 0 Å². The van der Waals surface area contributed by atoms with Crippen LogP contribution in [0.4, 0.5) is 0 Å². The topological polar surface area (TPSA) is 15.3 Å². The number of nitrogens with one attached hydrogen (secondary N) is 1. The molecule has 8 heavy (non-hydrogen) atoms. The molecule has 0 aliphatic carbocycles. The summed E-state index contributed by atoms with van der Waals surface area (Å²) >= 11 is 0. The molecule has 0 aromatic carbocycles. The fraction of sp³-hybridized carbons (Fsp3) is 0.833. The van der Waals surface area contributed by atoms with E-state index in [1.165, 1.54) is 6.42 Å². The molecular weight excluding hydrogens is 100 g/mol. The van der Waals surface area contributed by atoms with E-state index in [4.69, 9.17) is 7.05 Å². The van der Waals surface area contributed by atoms with E-state index in [0.717, 1.165) is 26.2 Å². The van der Waals surface area contributed by atoms with E-state index in [0.29, 0.717) is 0 Å². The minimum absolute atomic E-state index is 0.986. The highest BCUT2D eigenvalue weighted by Gasteiger charge is 2.01. The Morgan fingerprint density at radius 1 is 1.25 bits per heavy atom. The molecule has 1 saturated heterocycles. The minimum atomic E-state index is 0.986. The number of hydrogen-bond donors (Lipinski definition) is 1. The van der Waals surface area contributed by atoms with Crippen molar-refractivity contribution in [1.82, 2.24) is 10.2 Å². The molecular formula is C6H12N2. The molecule has 0 atom stereocenters. The van der Waals surface area contributed by atoms with Crippen LogP contribution >= 0.6 is 0 Å². The Morgan fingerprint density at radius 3 is 3.00 bits per heavy atom. The lowest BCUT2D eigenvalue weighted by molar-refractivity contribution is 0.396. The fourth-order valence-electron chi connectivity index (χ4n) is 0.867. The molecule has 1 rings (SSSR count). The standard InChI is InChI=1S/C6H12N2/c1-8-5-2-3-7-4-6-8/h1,7H,2-6H2. The van der Waals surface area contributed by atoms with Crippen LogP contribution in [0.3, 0.4) is 0 Å². The summed E-state index contributed by atoms with van der Waals surface area (Å²) in [6.07, 6.45) is 1.18. The van der Waals surface area contributed by atoms with Crippen molar-refractivity contribution in [2.75, 3.05) is 26.2 Å². The summed E-state index contributed by atoms with van der Waals surface area (Å²) in [5.41, 5.74) is 0. The van der Waals surface area contributed by atoms with E-state index in [2.05, 4.69) is 5.32 Å². The molecule has 0 amide bonds. The predicted octanol–water partition coefficient (Wildman–Crippen LogP) is -0.0497. The average molecular weight is 112 g/mol. The molecule has 1 fully saturated rings. The van der Waals surface area contributed by atoms with Gasteiger partial charge in [0.15, 0.2) is 0 Å². The molecule has 0 bridgehead atoms. The number of hydrogen-bond acceptors (Lipinski definition) is 2. The van der Waals surface area contributed by atoms with E-state index < -0.39 is 0 Å². The highest BCUT2D eigenvalue weighted by molar-refractivity contribution is 4.63. The summed E-state index contributed by atoms with van der Waals surface area (Å²) < 4.78 is 0. The van der Waals surface area contributed by atoms with E-state index in [1.54, 1.807) is 0 Å². The van der Waals surface area contributed by atoms with Crippen LogP contribution in [-0.4, -0.2) is 31.1 Å². The average Bonchev–Trinajstić information content (AvgIpc) is 1.94. The van der Waals surface area contributed by atoms with Crippen molar-refractivity contribution in [2.45, 2.75) is 6.42 Å². The van der Waals surface area contributed by atoms with Gasteiger partial charge in [-0.25, -0.2) is 0 Å². The highest BCUT2D eigenvalue weighted by atomic mass is 15.1. The van der Waals surface area contributed by atoms with Gasteiger partial charge in [0.05, 0.1) is 0 Å². The van der Waals surface area contributed by atoms with Crippen molar-refractivity contribution in [2.24, 2.45) is 0 Å². The largest absolute Gasteiger partial charge is 0.315 e. The van der Waals surface area contributed by atoms with Crippen LogP contribution in [0.15, 0.2) is 0 Å². The van der Waals surface area contributed by atoms with Crippen LogP contribution in [0.2, 0.25) is 0 Å². The smallest absolute Gasteiger partial charge is 0.0439 e. The monoisotopic (exact) mass is 112 g/mol. The molecule has 2 nitrogen and oxygen atoms in total. The minimum Gasteiger partial charge on any atom is -0.315 e. The van der Waals surface area contributed by atoms with Crippen LogP contribution < -0.4 is 5.32 Å². The van der Waals surface area contributed by atoms with Crippen LogP contribution in [0.1, 0.15) is 6.42 Å². The van der Waals surface area contributed by atoms with E-state index >= 15 is 0 Å². The first-order chi connectivity index (χ1) is 3.89. The summed E-state index contributed by atoms with van der Waals surface area (Å²) in [5, 5.41) is 3.26. The Hall–Kier alpha value is -0.0800. The van der Waals surface area contributed by atoms with Crippen LogP contribution in [0.25, 0.3) is 0 Å². The van der Waals surface area contributed by atoms with Crippen LogP contribution in [0, 0.1) is 7.05 Å². The summed E-state index contributed by atoms with van der Waals surface area (Å²) in [7, 11) is 5.53. The normalized spacial score (nSPS) is 25.1.